The fourth-order valence-corrected chi connectivity index (χ4v) is 2.65. The van der Waals surface area contributed by atoms with Crippen LogP contribution in [-0.2, 0) is 15.2 Å². The minimum atomic E-state index is -4.67. The van der Waals surface area contributed by atoms with Crippen LogP contribution in [0, 0.1) is 0 Å². The molecule has 0 aromatic rings. The maximum Gasteiger partial charge on any atom is 2.00 e. The first-order valence-electron chi connectivity index (χ1n) is 9.69. The van der Waals surface area contributed by atoms with E-state index in [9.17, 15) is 4.79 Å². The van der Waals surface area contributed by atoms with Crippen molar-refractivity contribution in [2.45, 2.75) is 110 Å². The molecule has 0 unspecified atom stereocenters. The van der Waals surface area contributed by atoms with E-state index in [2.05, 4.69) is 6.92 Å². The molecule has 8 heteroatoms. The number of carboxylic acids is 1. The molecule has 0 rings (SSSR count). The van der Waals surface area contributed by atoms with E-state index < -0.39 is 16.4 Å². The van der Waals surface area contributed by atoms with Crippen molar-refractivity contribution in [3.8, 4) is 0 Å². The van der Waals surface area contributed by atoms with E-state index in [4.69, 9.17) is 22.6 Å². The average molecular weight is 425 g/mol. The van der Waals surface area contributed by atoms with Crippen LogP contribution in [0.15, 0.2) is 0 Å². The van der Waals surface area contributed by atoms with Crippen LogP contribution in [-0.4, -0.2) is 66.3 Å². The molecule has 6 nitrogen and oxygen atoms in total. The van der Waals surface area contributed by atoms with Crippen LogP contribution in [0.1, 0.15) is 113 Å². The Labute approximate surface area is 193 Å². The Balaban J connectivity index is -0.000000195. The van der Waals surface area contributed by atoms with Gasteiger partial charge < -0.3 is 7.96 Å². The maximum atomic E-state index is 10.3. The third-order valence-corrected chi connectivity index (χ3v) is 3.99. The molecule has 26 heavy (non-hydrogen) atoms. The summed E-state index contributed by atoms with van der Waals surface area (Å²) >= 11 is 0. The largest absolute Gasteiger partial charge is 2.00 e. The molecule has 0 bridgehead atoms. The summed E-state index contributed by atoms with van der Waals surface area (Å²) in [4.78, 5) is 10.3. The predicted octanol–water partition coefficient (Wildman–Crippen LogP) is 5.52. The molecular weight excluding hydrogens is 384 g/mol. The number of aliphatic carboxylic acids is 1. The molecule has 0 radical (unpaired) electrons. The molecule has 0 saturated heterocycles. The average Bonchev–Trinajstić information content (AvgIpc) is 2.49. The Bertz CT molecular complexity index is 390. The van der Waals surface area contributed by atoms with Gasteiger partial charge in [-0.15, -0.1) is 0 Å². The smallest absolute Gasteiger partial charge is 1.00 e. The molecule has 3 N–H and O–H groups in total. The summed E-state index contributed by atoms with van der Waals surface area (Å²) in [6.45, 7) is 2.27. The number of unbranched alkanes of at least 4 members (excludes halogenated alkanes) is 14. The van der Waals surface area contributed by atoms with Crippen LogP contribution in [0.3, 0.4) is 0 Å². The molecular formula is C18H40CaO6S. The number of hydrogen-bond acceptors (Lipinski definition) is 3. The van der Waals surface area contributed by atoms with Crippen LogP contribution in [0.4, 0.5) is 0 Å². The number of carbonyl (C=O) groups is 1. The van der Waals surface area contributed by atoms with Crippen LogP contribution in [0.5, 0.6) is 0 Å². The van der Waals surface area contributed by atoms with Crippen molar-refractivity contribution in [2.24, 2.45) is 0 Å². The van der Waals surface area contributed by atoms with Gasteiger partial charge in [0.25, 0.3) is 0 Å². The standard InChI is InChI=1S/C18H36O2.Ca.H2O4S.2H/c1-2-3-4-5-6-7-8-9-10-11-12-13-14-15-16-17-18(19)20;;1-5(2,3)4;;/h2-17H2,1H3,(H,19,20);;(H2,1,2,3,4);;/q;+2;;2*-1. The summed E-state index contributed by atoms with van der Waals surface area (Å²) in [5.74, 6) is -0.653. The van der Waals surface area contributed by atoms with Crippen molar-refractivity contribution >= 4 is 54.1 Å². The van der Waals surface area contributed by atoms with Crippen LogP contribution < -0.4 is 0 Å². The summed E-state index contributed by atoms with van der Waals surface area (Å²) in [6.07, 6.45) is 20.2. The summed E-state index contributed by atoms with van der Waals surface area (Å²) in [5, 5.41) is 8.52. The summed E-state index contributed by atoms with van der Waals surface area (Å²) in [5.41, 5.74) is 0. The third-order valence-electron chi connectivity index (χ3n) is 3.99. The molecule has 156 valence electrons. The zero-order valence-corrected chi connectivity index (χ0v) is 19.5. The molecule has 0 aliphatic carbocycles. The molecule has 0 aliphatic heterocycles. The SMILES string of the molecule is CCCCCCCCCCCCCCCCCC(=O)O.O=S(=O)(O)O.[Ca+2].[H-].[H-]. The molecule has 0 aromatic carbocycles. The van der Waals surface area contributed by atoms with Gasteiger partial charge in [0.1, 0.15) is 0 Å². The van der Waals surface area contributed by atoms with Gasteiger partial charge in [-0.3, -0.25) is 13.9 Å². The molecule has 0 fully saturated rings. The fraction of sp³-hybridized carbons (Fsp3) is 0.944. The molecule has 0 atom stereocenters. The van der Waals surface area contributed by atoms with Gasteiger partial charge in [0.2, 0.25) is 0 Å². The Morgan fingerprint density at radius 3 is 1.15 bits per heavy atom. The zero-order chi connectivity index (χ0) is 19.4. The second-order valence-corrected chi connectivity index (χ2v) is 7.44. The number of rotatable bonds is 16. The minimum absolute atomic E-state index is 0. The van der Waals surface area contributed by atoms with E-state index in [-0.39, 0.29) is 40.6 Å². The van der Waals surface area contributed by atoms with Gasteiger partial charge in [-0.1, -0.05) is 96.8 Å². The van der Waals surface area contributed by atoms with Gasteiger partial charge in [0.15, 0.2) is 0 Å². The van der Waals surface area contributed by atoms with E-state index >= 15 is 0 Å². The van der Waals surface area contributed by atoms with E-state index in [1.54, 1.807) is 0 Å². The van der Waals surface area contributed by atoms with Crippen molar-refractivity contribution in [1.29, 1.82) is 0 Å². The maximum absolute atomic E-state index is 10.3. The van der Waals surface area contributed by atoms with E-state index in [0.29, 0.717) is 6.42 Å². The first-order valence-corrected chi connectivity index (χ1v) is 11.1. The van der Waals surface area contributed by atoms with Crippen molar-refractivity contribution in [1.82, 2.24) is 0 Å². The minimum Gasteiger partial charge on any atom is -1.00 e. The quantitative estimate of drug-likeness (QED) is 0.171. The Hall–Kier alpha value is 0.600. The van der Waals surface area contributed by atoms with Crippen LogP contribution in [0.25, 0.3) is 0 Å². The van der Waals surface area contributed by atoms with E-state index in [1.807, 2.05) is 0 Å². The van der Waals surface area contributed by atoms with Crippen molar-refractivity contribution < 1.29 is 30.3 Å². The topological polar surface area (TPSA) is 112 Å². The van der Waals surface area contributed by atoms with E-state index in [0.717, 1.165) is 12.8 Å². The van der Waals surface area contributed by atoms with Gasteiger partial charge in [-0.25, -0.2) is 0 Å². The Morgan fingerprint density at radius 2 is 0.923 bits per heavy atom. The molecule has 0 aromatic heterocycles. The first kappa shape index (κ1) is 31.3. The summed E-state index contributed by atoms with van der Waals surface area (Å²) in [6, 6.07) is 0. The van der Waals surface area contributed by atoms with Crippen molar-refractivity contribution in [3.63, 3.8) is 0 Å². The van der Waals surface area contributed by atoms with Crippen LogP contribution >= 0.6 is 0 Å². The normalized spacial score (nSPS) is 10.6. The van der Waals surface area contributed by atoms with Gasteiger partial charge in [0, 0.05) is 6.42 Å². The van der Waals surface area contributed by atoms with Crippen molar-refractivity contribution in [2.75, 3.05) is 0 Å². The third kappa shape index (κ3) is 44.2. The Morgan fingerprint density at radius 1 is 0.692 bits per heavy atom. The first-order chi connectivity index (χ1) is 11.8. The molecule has 0 spiro atoms. The van der Waals surface area contributed by atoms with Gasteiger partial charge >= 0.3 is 54.1 Å². The van der Waals surface area contributed by atoms with Gasteiger partial charge in [0.05, 0.1) is 0 Å². The zero-order valence-electron chi connectivity index (χ0n) is 18.5. The van der Waals surface area contributed by atoms with Crippen LogP contribution in [0.2, 0.25) is 0 Å². The molecule has 0 saturated carbocycles. The van der Waals surface area contributed by atoms with Crippen molar-refractivity contribution in [3.05, 3.63) is 0 Å². The summed E-state index contributed by atoms with van der Waals surface area (Å²) in [7, 11) is -4.67. The second-order valence-electron chi connectivity index (χ2n) is 6.54. The van der Waals surface area contributed by atoms with Gasteiger partial charge in [-0.05, 0) is 6.42 Å². The molecule has 0 aliphatic rings. The van der Waals surface area contributed by atoms with Gasteiger partial charge in [-0.2, -0.15) is 8.42 Å². The Kier molecular flexibility index (Phi) is 28.5. The monoisotopic (exact) mass is 424 g/mol. The predicted molar refractivity (Wildman–Crippen MR) is 109 cm³/mol. The summed E-state index contributed by atoms with van der Waals surface area (Å²) < 4.78 is 31.6. The molecule has 0 heterocycles. The second kappa shape index (κ2) is 23.6. The molecule has 0 amide bonds. The number of hydrogen-bond donors (Lipinski definition) is 3. The fourth-order valence-electron chi connectivity index (χ4n) is 2.65. The van der Waals surface area contributed by atoms with E-state index in [1.165, 1.54) is 83.5 Å². The number of carboxylic acid groups (broad SMARTS) is 1.